The summed E-state index contributed by atoms with van der Waals surface area (Å²) in [6, 6.07) is 2.36. The van der Waals surface area contributed by atoms with Crippen LogP contribution in [0.15, 0.2) is 24.5 Å². The van der Waals surface area contributed by atoms with Gasteiger partial charge in [0.15, 0.2) is 6.61 Å². The summed E-state index contributed by atoms with van der Waals surface area (Å²) in [5.74, 6) is -1.09. The molecule has 0 saturated heterocycles. The summed E-state index contributed by atoms with van der Waals surface area (Å²) in [6.45, 7) is -1.63. The van der Waals surface area contributed by atoms with Gasteiger partial charge in [0.25, 0.3) is 0 Å². The van der Waals surface area contributed by atoms with Gasteiger partial charge in [0.05, 0.1) is 11.0 Å². The van der Waals surface area contributed by atoms with Crippen LogP contribution in [-0.2, 0) is 16.0 Å². The van der Waals surface area contributed by atoms with Crippen LogP contribution < -0.4 is 5.73 Å². The Kier molecular flexibility index (Phi) is 7.65. The van der Waals surface area contributed by atoms with Gasteiger partial charge in [-0.3, -0.25) is 9.78 Å². The van der Waals surface area contributed by atoms with E-state index in [0.29, 0.717) is 11.1 Å². The van der Waals surface area contributed by atoms with Crippen molar-refractivity contribution < 1.29 is 22.7 Å². The second kappa shape index (κ2) is 8.21. The largest absolute Gasteiger partial charge is 0.455 e. The molecule has 0 saturated carbocycles. The average molecular weight is 360 g/mol. The van der Waals surface area contributed by atoms with Crippen LogP contribution in [0.1, 0.15) is 5.56 Å². The van der Waals surface area contributed by atoms with E-state index in [1.54, 1.807) is 24.5 Å². The average Bonchev–Trinajstić information content (AvgIpc) is 2.78. The van der Waals surface area contributed by atoms with Crippen LogP contribution in [0.5, 0.6) is 0 Å². The Balaban J connectivity index is 0.00000220. The molecule has 0 fully saturated rings. The number of nitrogens with two attached hydrogens (primary N) is 1. The number of ether oxygens (including phenoxy) is 1. The fourth-order valence-electron chi connectivity index (χ4n) is 1.75. The molecule has 3 N–H and O–H groups in total. The van der Waals surface area contributed by atoms with E-state index in [9.17, 15) is 18.0 Å². The SMILES string of the molecule is Cl.Cl.N[C@@H](Cc1c[nH]c2cccnc12)C(=O)OCC(F)(F)F. The van der Waals surface area contributed by atoms with Crippen LogP contribution >= 0.6 is 24.8 Å². The number of pyridine rings is 1. The number of fused-ring (bicyclic) bond motifs is 1. The number of nitrogens with zero attached hydrogens (tertiary/aromatic N) is 1. The van der Waals surface area contributed by atoms with Gasteiger partial charge < -0.3 is 15.5 Å². The molecule has 10 heteroatoms. The van der Waals surface area contributed by atoms with E-state index in [0.717, 1.165) is 5.52 Å². The highest BCUT2D eigenvalue weighted by atomic mass is 35.5. The summed E-state index contributed by atoms with van der Waals surface area (Å²) < 4.78 is 39.9. The number of carbonyl (C=O) groups excluding carboxylic acids is 1. The van der Waals surface area contributed by atoms with Gasteiger partial charge in [-0.25, -0.2) is 0 Å². The number of alkyl halides is 3. The number of hydrogen-bond donors (Lipinski definition) is 2. The van der Waals surface area contributed by atoms with Gasteiger partial charge in [-0.1, -0.05) is 0 Å². The summed E-state index contributed by atoms with van der Waals surface area (Å²) >= 11 is 0. The van der Waals surface area contributed by atoms with Crippen LogP contribution in [0.4, 0.5) is 13.2 Å². The number of aromatic nitrogens is 2. The Morgan fingerprint density at radius 3 is 2.73 bits per heavy atom. The molecule has 2 rings (SSSR count). The first-order valence-electron chi connectivity index (χ1n) is 5.77. The number of rotatable bonds is 4. The summed E-state index contributed by atoms with van der Waals surface area (Å²) in [5.41, 5.74) is 7.59. The Bertz CT molecular complexity index is 619. The van der Waals surface area contributed by atoms with E-state index in [2.05, 4.69) is 14.7 Å². The number of nitrogens with one attached hydrogen (secondary N) is 1. The summed E-state index contributed by atoms with van der Waals surface area (Å²) in [6.07, 6.45) is -1.31. The Labute approximate surface area is 136 Å². The molecule has 0 amide bonds. The first-order chi connectivity index (χ1) is 9.37. The standard InChI is InChI=1S/C12H12F3N3O2.2ClH/c13-12(14,15)6-20-11(19)8(16)4-7-5-18-9-2-1-3-17-10(7)9;;/h1-3,5,8,18H,4,6,16H2;2*1H/t8-;;/m0../s1. The summed E-state index contributed by atoms with van der Waals surface area (Å²) in [7, 11) is 0. The fraction of sp³-hybridized carbons (Fsp3) is 0.333. The van der Waals surface area contributed by atoms with E-state index in [1.807, 2.05) is 0 Å². The van der Waals surface area contributed by atoms with Crippen molar-refractivity contribution in [3.63, 3.8) is 0 Å². The predicted octanol–water partition coefficient (Wildman–Crippen LogP) is 2.38. The molecule has 0 aromatic carbocycles. The van der Waals surface area contributed by atoms with Crippen LogP contribution in [0.3, 0.4) is 0 Å². The zero-order valence-electron chi connectivity index (χ0n) is 11.1. The van der Waals surface area contributed by atoms with E-state index in [1.165, 1.54) is 0 Å². The lowest BCUT2D eigenvalue weighted by Crippen LogP contribution is -2.36. The van der Waals surface area contributed by atoms with Crippen LogP contribution in [0.25, 0.3) is 11.0 Å². The number of carbonyl (C=O) groups is 1. The smallest absolute Gasteiger partial charge is 0.422 e. The molecule has 2 aromatic heterocycles. The van der Waals surface area contributed by atoms with E-state index in [4.69, 9.17) is 5.73 Å². The van der Waals surface area contributed by atoms with Crippen molar-refractivity contribution in [1.29, 1.82) is 0 Å². The van der Waals surface area contributed by atoms with E-state index < -0.39 is 24.8 Å². The molecular weight excluding hydrogens is 346 g/mol. The number of halogens is 5. The minimum Gasteiger partial charge on any atom is -0.455 e. The lowest BCUT2D eigenvalue weighted by Gasteiger charge is -2.12. The molecule has 0 aliphatic heterocycles. The van der Waals surface area contributed by atoms with Crippen molar-refractivity contribution in [2.45, 2.75) is 18.6 Å². The zero-order chi connectivity index (χ0) is 14.8. The van der Waals surface area contributed by atoms with E-state index in [-0.39, 0.29) is 31.2 Å². The second-order valence-electron chi connectivity index (χ2n) is 4.25. The third-order valence-electron chi connectivity index (χ3n) is 2.63. The van der Waals surface area contributed by atoms with Crippen molar-refractivity contribution in [3.8, 4) is 0 Å². The summed E-state index contributed by atoms with van der Waals surface area (Å²) in [4.78, 5) is 18.4. The lowest BCUT2D eigenvalue weighted by atomic mass is 10.1. The van der Waals surface area contributed by atoms with Gasteiger partial charge >= 0.3 is 12.1 Å². The van der Waals surface area contributed by atoms with Gasteiger partial charge in [-0.05, 0) is 17.7 Å². The van der Waals surface area contributed by atoms with Gasteiger partial charge in [-0.2, -0.15) is 13.2 Å². The van der Waals surface area contributed by atoms with Crippen molar-refractivity contribution in [2.24, 2.45) is 5.73 Å². The Hall–Kier alpha value is -1.51. The molecular formula is C12H14Cl2F3N3O2. The molecule has 0 radical (unpaired) electrons. The van der Waals surface area contributed by atoms with Crippen LogP contribution in [0, 0.1) is 0 Å². The zero-order valence-corrected chi connectivity index (χ0v) is 12.7. The minimum atomic E-state index is -4.56. The first kappa shape index (κ1) is 20.5. The third-order valence-corrected chi connectivity index (χ3v) is 2.63. The topological polar surface area (TPSA) is 81.0 Å². The highest BCUT2D eigenvalue weighted by molar-refractivity contribution is 5.85. The van der Waals surface area contributed by atoms with Crippen molar-refractivity contribution >= 4 is 41.8 Å². The first-order valence-corrected chi connectivity index (χ1v) is 5.77. The predicted molar refractivity (Wildman–Crippen MR) is 79.3 cm³/mol. The molecule has 2 heterocycles. The normalized spacial score (nSPS) is 12.2. The maximum absolute atomic E-state index is 11.9. The van der Waals surface area contributed by atoms with Gasteiger partial charge in [-0.15, -0.1) is 24.8 Å². The molecule has 0 aliphatic rings. The molecule has 1 atom stereocenters. The quantitative estimate of drug-likeness (QED) is 0.821. The number of H-pyrrole nitrogens is 1. The third kappa shape index (κ3) is 5.36. The van der Waals surface area contributed by atoms with Gasteiger partial charge in [0.1, 0.15) is 6.04 Å². The van der Waals surface area contributed by atoms with Gasteiger partial charge in [0, 0.05) is 18.8 Å². The number of esters is 1. The summed E-state index contributed by atoms with van der Waals surface area (Å²) in [5, 5.41) is 0. The van der Waals surface area contributed by atoms with Crippen molar-refractivity contribution in [1.82, 2.24) is 9.97 Å². The lowest BCUT2D eigenvalue weighted by molar-refractivity contribution is -0.187. The highest BCUT2D eigenvalue weighted by Gasteiger charge is 2.31. The van der Waals surface area contributed by atoms with Crippen LogP contribution in [0.2, 0.25) is 0 Å². The molecule has 0 unspecified atom stereocenters. The molecule has 0 bridgehead atoms. The Morgan fingerprint density at radius 2 is 2.09 bits per heavy atom. The van der Waals surface area contributed by atoms with Gasteiger partial charge in [0.2, 0.25) is 0 Å². The van der Waals surface area contributed by atoms with Crippen molar-refractivity contribution in [2.75, 3.05) is 6.61 Å². The molecule has 124 valence electrons. The monoisotopic (exact) mass is 359 g/mol. The highest BCUT2D eigenvalue weighted by Crippen LogP contribution is 2.17. The maximum atomic E-state index is 11.9. The molecule has 5 nitrogen and oxygen atoms in total. The van der Waals surface area contributed by atoms with Crippen molar-refractivity contribution in [3.05, 3.63) is 30.1 Å². The number of aromatic amines is 1. The molecule has 0 aliphatic carbocycles. The molecule has 2 aromatic rings. The maximum Gasteiger partial charge on any atom is 0.422 e. The second-order valence-corrected chi connectivity index (χ2v) is 4.25. The van der Waals surface area contributed by atoms with E-state index >= 15 is 0 Å². The number of hydrogen-bond acceptors (Lipinski definition) is 4. The van der Waals surface area contributed by atoms with Crippen LogP contribution in [-0.4, -0.2) is 34.8 Å². The molecule has 0 spiro atoms. The fourth-order valence-corrected chi connectivity index (χ4v) is 1.75. The Morgan fingerprint density at radius 1 is 1.41 bits per heavy atom. The molecule has 22 heavy (non-hydrogen) atoms. The minimum absolute atomic E-state index is 0.